The van der Waals surface area contributed by atoms with E-state index >= 15 is 0 Å². The smallest absolute Gasteiger partial charge is 0.253 e. The molecule has 2 aromatic rings. The van der Waals surface area contributed by atoms with Crippen LogP contribution in [-0.2, 0) is 0 Å². The Morgan fingerprint density at radius 3 is 2.48 bits per heavy atom. The van der Waals surface area contributed by atoms with Crippen molar-refractivity contribution < 1.29 is 4.79 Å². The standard InChI is InChI=1S/C17H22N2OS/c1-11-6-7-14(17(20)19(4)5)10-15(11)18-13(3)16-12(2)8-9-21-16/h6-10,13,18H,1-5H3. The van der Waals surface area contributed by atoms with E-state index in [-0.39, 0.29) is 11.9 Å². The second-order valence-corrected chi connectivity index (χ2v) is 6.51. The Bertz CT molecular complexity index is 646. The summed E-state index contributed by atoms with van der Waals surface area (Å²) in [4.78, 5) is 15.0. The monoisotopic (exact) mass is 302 g/mol. The molecule has 1 amide bonds. The Balaban J connectivity index is 2.25. The largest absolute Gasteiger partial charge is 0.377 e. The van der Waals surface area contributed by atoms with Gasteiger partial charge in [0.05, 0.1) is 6.04 Å². The van der Waals surface area contributed by atoms with Crippen LogP contribution in [0.15, 0.2) is 29.6 Å². The number of anilines is 1. The summed E-state index contributed by atoms with van der Waals surface area (Å²) in [7, 11) is 3.54. The highest BCUT2D eigenvalue weighted by Gasteiger charge is 2.13. The number of hydrogen-bond donors (Lipinski definition) is 1. The van der Waals surface area contributed by atoms with Crippen LogP contribution in [0, 0.1) is 13.8 Å². The number of nitrogens with zero attached hydrogens (tertiary/aromatic N) is 1. The molecule has 1 aromatic carbocycles. The van der Waals surface area contributed by atoms with Gasteiger partial charge in [0.15, 0.2) is 0 Å². The average Bonchev–Trinajstić information content (AvgIpc) is 2.86. The molecule has 0 bridgehead atoms. The van der Waals surface area contributed by atoms with Crippen molar-refractivity contribution in [3.05, 3.63) is 51.2 Å². The molecule has 1 N–H and O–H groups in total. The minimum atomic E-state index is 0.0259. The van der Waals surface area contributed by atoms with E-state index in [2.05, 4.69) is 37.5 Å². The van der Waals surface area contributed by atoms with Crippen LogP contribution in [0.1, 0.15) is 39.3 Å². The molecule has 3 nitrogen and oxygen atoms in total. The number of aryl methyl sites for hydroxylation is 2. The van der Waals surface area contributed by atoms with E-state index in [9.17, 15) is 4.79 Å². The summed E-state index contributed by atoms with van der Waals surface area (Å²) in [5.41, 5.74) is 4.18. The molecule has 0 aliphatic rings. The van der Waals surface area contributed by atoms with Crippen LogP contribution in [-0.4, -0.2) is 24.9 Å². The van der Waals surface area contributed by atoms with Crippen LogP contribution in [0.3, 0.4) is 0 Å². The van der Waals surface area contributed by atoms with Crippen LogP contribution < -0.4 is 5.32 Å². The van der Waals surface area contributed by atoms with Crippen LogP contribution in [0.5, 0.6) is 0 Å². The summed E-state index contributed by atoms with van der Waals surface area (Å²) in [5.74, 6) is 0.0259. The van der Waals surface area contributed by atoms with Gasteiger partial charge in [0.2, 0.25) is 0 Å². The van der Waals surface area contributed by atoms with Crippen molar-refractivity contribution in [1.29, 1.82) is 0 Å². The molecule has 1 heterocycles. The SMILES string of the molecule is Cc1ccc(C(=O)N(C)C)cc1NC(C)c1sccc1C. The van der Waals surface area contributed by atoms with Gasteiger partial charge in [0.25, 0.3) is 5.91 Å². The van der Waals surface area contributed by atoms with Crippen molar-refractivity contribution in [3.63, 3.8) is 0 Å². The molecule has 0 fully saturated rings. The summed E-state index contributed by atoms with van der Waals surface area (Å²) in [5, 5.41) is 5.64. The number of nitrogens with one attached hydrogen (secondary N) is 1. The lowest BCUT2D eigenvalue weighted by Gasteiger charge is -2.18. The van der Waals surface area contributed by atoms with Crippen molar-refractivity contribution in [1.82, 2.24) is 4.90 Å². The third-order valence-electron chi connectivity index (χ3n) is 3.56. The molecular formula is C17H22N2OS. The molecule has 112 valence electrons. The Morgan fingerprint density at radius 1 is 1.19 bits per heavy atom. The molecule has 0 spiro atoms. The molecule has 1 atom stereocenters. The molecule has 2 rings (SSSR count). The Hall–Kier alpha value is -1.81. The van der Waals surface area contributed by atoms with Crippen LogP contribution in [0.25, 0.3) is 0 Å². The van der Waals surface area contributed by atoms with Gasteiger partial charge in [0.1, 0.15) is 0 Å². The number of amides is 1. The van der Waals surface area contributed by atoms with E-state index in [0.29, 0.717) is 5.56 Å². The second-order valence-electron chi connectivity index (χ2n) is 5.56. The van der Waals surface area contributed by atoms with Crippen molar-refractivity contribution in [2.45, 2.75) is 26.8 Å². The minimum Gasteiger partial charge on any atom is -0.377 e. The zero-order valence-corrected chi connectivity index (χ0v) is 14.0. The molecule has 0 radical (unpaired) electrons. The Morgan fingerprint density at radius 2 is 1.90 bits per heavy atom. The van der Waals surface area contributed by atoms with Gasteiger partial charge < -0.3 is 10.2 Å². The fourth-order valence-corrected chi connectivity index (χ4v) is 3.23. The summed E-state index contributed by atoms with van der Waals surface area (Å²) >= 11 is 1.76. The van der Waals surface area contributed by atoms with Crippen molar-refractivity contribution in [2.24, 2.45) is 0 Å². The first kappa shape index (κ1) is 15.6. The highest BCUT2D eigenvalue weighted by atomic mass is 32.1. The van der Waals surface area contributed by atoms with Crippen molar-refractivity contribution in [3.8, 4) is 0 Å². The lowest BCUT2D eigenvalue weighted by atomic mass is 10.1. The lowest BCUT2D eigenvalue weighted by molar-refractivity contribution is 0.0827. The van der Waals surface area contributed by atoms with E-state index in [1.54, 1.807) is 30.3 Å². The zero-order valence-electron chi connectivity index (χ0n) is 13.2. The van der Waals surface area contributed by atoms with Crippen LogP contribution in [0.2, 0.25) is 0 Å². The van der Waals surface area contributed by atoms with Crippen LogP contribution >= 0.6 is 11.3 Å². The van der Waals surface area contributed by atoms with Gasteiger partial charge in [-0.3, -0.25) is 4.79 Å². The molecule has 0 aliphatic carbocycles. The maximum atomic E-state index is 12.1. The third-order valence-corrected chi connectivity index (χ3v) is 4.76. The fourth-order valence-electron chi connectivity index (χ4n) is 2.30. The zero-order chi connectivity index (χ0) is 15.6. The van der Waals surface area contributed by atoms with Crippen molar-refractivity contribution >= 4 is 22.9 Å². The molecule has 1 unspecified atom stereocenters. The number of thiophene rings is 1. The summed E-state index contributed by atoms with van der Waals surface area (Å²) < 4.78 is 0. The lowest BCUT2D eigenvalue weighted by Crippen LogP contribution is -2.21. The van der Waals surface area contributed by atoms with Gasteiger partial charge >= 0.3 is 0 Å². The Kier molecular flexibility index (Phi) is 4.68. The van der Waals surface area contributed by atoms with E-state index in [1.807, 2.05) is 18.2 Å². The summed E-state index contributed by atoms with van der Waals surface area (Å²) in [6.07, 6.45) is 0. The molecule has 21 heavy (non-hydrogen) atoms. The number of carbonyl (C=O) groups excluding carboxylic acids is 1. The Labute approximate surface area is 130 Å². The maximum absolute atomic E-state index is 12.1. The van der Waals surface area contributed by atoms with Gasteiger partial charge in [-0.25, -0.2) is 0 Å². The maximum Gasteiger partial charge on any atom is 0.253 e. The predicted octanol–water partition coefficient (Wildman–Crippen LogP) is 4.24. The number of rotatable bonds is 4. The van der Waals surface area contributed by atoms with E-state index < -0.39 is 0 Å². The van der Waals surface area contributed by atoms with Gasteiger partial charge in [0, 0.05) is 30.2 Å². The quantitative estimate of drug-likeness (QED) is 0.916. The normalized spacial score (nSPS) is 12.0. The predicted molar refractivity (Wildman–Crippen MR) is 90.3 cm³/mol. The fraction of sp³-hybridized carbons (Fsp3) is 0.353. The molecule has 0 saturated carbocycles. The van der Waals surface area contributed by atoms with E-state index in [1.165, 1.54) is 10.4 Å². The summed E-state index contributed by atoms with van der Waals surface area (Å²) in [6, 6.07) is 8.18. The molecule has 1 aromatic heterocycles. The van der Waals surface area contributed by atoms with Gasteiger partial charge in [-0.1, -0.05) is 6.07 Å². The highest BCUT2D eigenvalue weighted by molar-refractivity contribution is 7.10. The van der Waals surface area contributed by atoms with Crippen molar-refractivity contribution in [2.75, 3.05) is 19.4 Å². The second kappa shape index (κ2) is 6.31. The van der Waals surface area contributed by atoms with E-state index in [4.69, 9.17) is 0 Å². The summed E-state index contributed by atoms with van der Waals surface area (Å²) in [6.45, 7) is 6.34. The van der Waals surface area contributed by atoms with Gasteiger partial charge in [-0.15, -0.1) is 11.3 Å². The highest BCUT2D eigenvalue weighted by Crippen LogP contribution is 2.28. The molecule has 4 heteroatoms. The number of benzene rings is 1. The first-order valence-electron chi connectivity index (χ1n) is 7.03. The van der Waals surface area contributed by atoms with Crippen LogP contribution in [0.4, 0.5) is 5.69 Å². The topological polar surface area (TPSA) is 32.3 Å². The number of carbonyl (C=O) groups is 1. The first-order valence-corrected chi connectivity index (χ1v) is 7.91. The molecule has 0 aliphatic heterocycles. The first-order chi connectivity index (χ1) is 9.90. The van der Waals surface area contributed by atoms with Gasteiger partial charge in [-0.2, -0.15) is 0 Å². The van der Waals surface area contributed by atoms with Gasteiger partial charge in [-0.05, 0) is 55.5 Å². The third kappa shape index (κ3) is 3.45. The number of hydrogen-bond acceptors (Lipinski definition) is 3. The molecular weight excluding hydrogens is 280 g/mol. The average molecular weight is 302 g/mol. The molecule has 0 saturated heterocycles. The van der Waals surface area contributed by atoms with E-state index in [0.717, 1.165) is 11.3 Å². The minimum absolute atomic E-state index is 0.0259.